The van der Waals surface area contributed by atoms with Crippen LogP contribution in [-0.4, -0.2) is 14.3 Å². The predicted molar refractivity (Wildman–Crippen MR) is 107 cm³/mol. The number of anilines is 2. The van der Waals surface area contributed by atoms with Gasteiger partial charge in [-0.25, -0.2) is 17.2 Å². The Morgan fingerprint density at radius 3 is 2.17 bits per heavy atom. The Bertz CT molecular complexity index is 1180. The van der Waals surface area contributed by atoms with Crippen molar-refractivity contribution in [3.63, 3.8) is 0 Å². The molecule has 150 valence electrons. The molecule has 0 fully saturated rings. The Morgan fingerprint density at radius 2 is 1.55 bits per heavy atom. The topological polar surface area (TPSA) is 75.3 Å². The first-order chi connectivity index (χ1) is 13.7. The van der Waals surface area contributed by atoms with Gasteiger partial charge in [0.05, 0.1) is 10.6 Å². The number of sulfonamides is 1. The molecule has 3 aromatic rings. The van der Waals surface area contributed by atoms with Crippen molar-refractivity contribution in [2.75, 3.05) is 10.0 Å². The molecular weight excluding hydrogens is 398 g/mol. The molecular formula is C21H18F2N2O3S. The van der Waals surface area contributed by atoms with E-state index >= 15 is 0 Å². The minimum absolute atomic E-state index is 0.107. The Balaban J connectivity index is 1.78. The second-order valence-corrected chi connectivity index (χ2v) is 8.21. The zero-order chi connectivity index (χ0) is 21.2. The summed E-state index contributed by atoms with van der Waals surface area (Å²) in [5.41, 5.74) is 2.14. The SMILES string of the molecule is Cc1ccc(S(=O)(=O)Nc2ccc(C(=O)Nc3ccc(F)c(F)c3)cc2C)cc1. The number of hydrogen-bond acceptors (Lipinski definition) is 3. The van der Waals surface area contributed by atoms with Crippen LogP contribution >= 0.6 is 0 Å². The van der Waals surface area contributed by atoms with E-state index in [1.54, 1.807) is 19.1 Å². The Hall–Kier alpha value is -3.26. The number of halogens is 2. The fourth-order valence-corrected chi connectivity index (χ4v) is 3.75. The van der Waals surface area contributed by atoms with E-state index in [1.165, 1.54) is 36.4 Å². The van der Waals surface area contributed by atoms with E-state index in [1.807, 2.05) is 6.92 Å². The monoisotopic (exact) mass is 416 g/mol. The van der Waals surface area contributed by atoms with E-state index in [9.17, 15) is 22.0 Å². The summed E-state index contributed by atoms with van der Waals surface area (Å²) in [5.74, 6) is -2.61. The van der Waals surface area contributed by atoms with Gasteiger partial charge in [0.25, 0.3) is 15.9 Å². The summed E-state index contributed by atoms with van der Waals surface area (Å²) in [7, 11) is -3.77. The summed E-state index contributed by atoms with van der Waals surface area (Å²) in [6.07, 6.45) is 0. The van der Waals surface area contributed by atoms with E-state index in [-0.39, 0.29) is 16.1 Å². The van der Waals surface area contributed by atoms with Crippen LogP contribution < -0.4 is 10.0 Å². The maximum absolute atomic E-state index is 13.3. The third-order valence-electron chi connectivity index (χ3n) is 4.24. The van der Waals surface area contributed by atoms with Gasteiger partial charge in [0.2, 0.25) is 0 Å². The van der Waals surface area contributed by atoms with Crippen LogP contribution in [0.15, 0.2) is 65.6 Å². The summed E-state index contributed by atoms with van der Waals surface area (Å²) < 4.78 is 53.8. The van der Waals surface area contributed by atoms with E-state index in [0.717, 1.165) is 17.7 Å². The molecule has 0 saturated heterocycles. The second kappa shape index (κ2) is 8.00. The first-order valence-electron chi connectivity index (χ1n) is 8.62. The van der Waals surface area contributed by atoms with Gasteiger partial charge in [-0.05, 0) is 61.9 Å². The highest BCUT2D eigenvalue weighted by Crippen LogP contribution is 2.22. The summed E-state index contributed by atoms with van der Waals surface area (Å²) in [5, 5.41) is 2.47. The molecule has 29 heavy (non-hydrogen) atoms. The average molecular weight is 416 g/mol. The van der Waals surface area contributed by atoms with Crippen molar-refractivity contribution in [2.24, 2.45) is 0 Å². The van der Waals surface area contributed by atoms with Gasteiger partial charge in [-0.2, -0.15) is 0 Å². The zero-order valence-electron chi connectivity index (χ0n) is 15.7. The molecule has 8 heteroatoms. The smallest absolute Gasteiger partial charge is 0.261 e. The molecule has 3 aromatic carbocycles. The number of nitrogens with one attached hydrogen (secondary N) is 2. The van der Waals surface area contributed by atoms with Crippen LogP contribution in [0.2, 0.25) is 0 Å². The lowest BCUT2D eigenvalue weighted by Crippen LogP contribution is -2.15. The lowest BCUT2D eigenvalue weighted by atomic mass is 10.1. The summed E-state index contributed by atoms with van der Waals surface area (Å²) >= 11 is 0. The standard InChI is InChI=1S/C21H18F2N2O3S/c1-13-3-7-17(8-4-13)29(27,28)25-20-10-5-15(11-14(20)2)21(26)24-16-6-9-18(22)19(23)12-16/h3-12,25H,1-2H3,(H,24,26). The molecule has 0 atom stereocenters. The highest BCUT2D eigenvalue weighted by molar-refractivity contribution is 7.92. The minimum atomic E-state index is -3.77. The summed E-state index contributed by atoms with van der Waals surface area (Å²) in [6, 6.07) is 13.9. The van der Waals surface area contributed by atoms with E-state index in [4.69, 9.17) is 0 Å². The lowest BCUT2D eigenvalue weighted by molar-refractivity contribution is 0.102. The molecule has 3 rings (SSSR count). The number of rotatable bonds is 5. The van der Waals surface area contributed by atoms with E-state index in [2.05, 4.69) is 10.0 Å². The maximum atomic E-state index is 13.3. The Kier molecular flexibility index (Phi) is 5.65. The molecule has 0 saturated carbocycles. The third kappa shape index (κ3) is 4.78. The molecule has 0 radical (unpaired) electrons. The molecule has 0 heterocycles. The van der Waals surface area contributed by atoms with Crippen LogP contribution in [0.25, 0.3) is 0 Å². The van der Waals surface area contributed by atoms with Crippen LogP contribution in [-0.2, 0) is 10.0 Å². The van der Waals surface area contributed by atoms with Gasteiger partial charge in [-0.1, -0.05) is 17.7 Å². The van der Waals surface area contributed by atoms with Gasteiger partial charge in [-0.3, -0.25) is 9.52 Å². The largest absolute Gasteiger partial charge is 0.322 e. The first kappa shape index (κ1) is 20.5. The molecule has 0 aliphatic rings. The van der Waals surface area contributed by atoms with Gasteiger partial charge in [0.15, 0.2) is 11.6 Å². The van der Waals surface area contributed by atoms with Crippen LogP contribution in [0.3, 0.4) is 0 Å². The van der Waals surface area contributed by atoms with Crippen LogP contribution in [0.5, 0.6) is 0 Å². The molecule has 1 amide bonds. The number of benzene rings is 3. The first-order valence-corrected chi connectivity index (χ1v) is 10.1. The average Bonchev–Trinajstić information content (AvgIpc) is 2.66. The van der Waals surface area contributed by atoms with Crippen LogP contribution in [0.1, 0.15) is 21.5 Å². The van der Waals surface area contributed by atoms with Gasteiger partial charge >= 0.3 is 0 Å². The van der Waals surface area contributed by atoms with Crippen LogP contribution in [0.4, 0.5) is 20.2 Å². The highest BCUT2D eigenvalue weighted by Gasteiger charge is 2.16. The van der Waals surface area contributed by atoms with Crippen LogP contribution in [0, 0.1) is 25.5 Å². The maximum Gasteiger partial charge on any atom is 0.261 e. The Labute approximate surface area is 167 Å². The van der Waals surface area contributed by atoms with Gasteiger partial charge in [-0.15, -0.1) is 0 Å². The summed E-state index contributed by atoms with van der Waals surface area (Å²) in [6.45, 7) is 3.51. The second-order valence-electron chi connectivity index (χ2n) is 6.53. The van der Waals surface area contributed by atoms with Crippen molar-refractivity contribution < 1.29 is 22.0 Å². The molecule has 0 unspecified atom stereocenters. The normalized spacial score (nSPS) is 11.2. The van der Waals surface area contributed by atoms with Gasteiger partial charge in [0, 0.05) is 17.3 Å². The molecule has 5 nitrogen and oxygen atoms in total. The molecule has 0 aromatic heterocycles. The third-order valence-corrected chi connectivity index (χ3v) is 5.62. The highest BCUT2D eigenvalue weighted by atomic mass is 32.2. The van der Waals surface area contributed by atoms with Crippen molar-refractivity contribution in [3.05, 3.63) is 89.0 Å². The number of hydrogen-bond donors (Lipinski definition) is 2. The van der Waals surface area contributed by atoms with Crippen molar-refractivity contribution in [3.8, 4) is 0 Å². The fourth-order valence-electron chi connectivity index (χ4n) is 2.62. The predicted octanol–water partition coefficient (Wildman–Crippen LogP) is 4.63. The van der Waals surface area contributed by atoms with E-state index < -0.39 is 27.6 Å². The fraction of sp³-hybridized carbons (Fsp3) is 0.0952. The number of amides is 1. The number of carbonyl (C=O) groups is 1. The Morgan fingerprint density at radius 1 is 0.862 bits per heavy atom. The molecule has 0 aliphatic carbocycles. The molecule has 0 bridgehead atoms. The van der Waals surface area contributed by atoms with Crippen molar-refractivity contribution in [2.45, 2.75) is 18.7 Å². The minimum Gasteiger partial charge on any atom is -0.322 e. The van der Waals surface area contributed by atoms with Gasteiger partial charge in [0.1, 0.15) is 0 Å². The number of carbonyl (C=O) groups excluding carboxylic acids is 1. The van der Waals surface area contributed by atoms with Crippen molar-refractivity contribution in [1.82, 2.24) is 0 Å². The quantitative estimate of drug-likeness (QED) is 0.637. The van der Waals surface area contributed by atoms with E-state index in [0.29, 0.717) is 11.3 Å². The van der Waals surface area contributed by atoms with Crippen molar-refractivity contribution in [1.29, 1.82) is 0 Å². The zero-order valence-corrected chi connectivity index (χ0v) is 16.5. The summed E-state index contributed by atoms with van der Waals surface area (Å²) in [4.78, 5) is 12.5. The molecule has 2 N–H and O–H groups in total. The molecule has 0 spiro atoms. The van der Waals surface area contributed by atoms with Gasteiger partial charge < -0.3 is 5.32 Å². The van der Waals surface area contributed by atoms with Crippen molar-refractivity contribution >= 4 is 27.3 Å². The lowest BCUT2D eigenvalue weighted by Gasteiger charge is -2.12. The molecule has 0 aliphatic heterocycles. The number of aryl methyl sites for hydroxylation is 2.